The van der Waals surface area contributed by atoms with Gasteiger partial charge in [0.05, 0.1) is 10.1 Å². The molecule has 0 aromatic heterocycles. The highest BCUT2D eigenvalue weighted by Crippen LogP contribution is 2.52. The molecule has 0 spiro atoms. The fourth-order valence-corrected chi connectivity index (χ4v) is 5.27. The monoisotopic (exact) mass is 348 g/mol. The zero-order chi connectivity index (χ0) is 16.6. The molecule has 2 aromatic rings. The minimum atomic E-state index is -3.55. The molecule has 5 heteroatoms. The van der Waals surface area contributed by atoms with Gasteiger partial charge in [0.15, 0.2) is 9.84 Å². The molecular weight excluding hydrogens is 332 g/mol. The Morgan fingerprint density at radius 1 is 1.04 bits per heavy atom. The fourth-order valence-electron chi connectivity index (χ4n) is 3.04. The van der Waals surface area contributed by atoms with Crippen molar-refractivity contribution in [3.8, 4) is 0 Å². The highest BCUT2D eigenvalue weighted by molar-refractivity contribution is 7.92. The van der Waals surface area contributed by atoms with E-state index in [1.165, 1.54) is 17.7 Å². The summed E-state index contributed by atoms with van der Waals surface area (Å²) < 4.78 is 25.6. The van der Waals surface area contributed by atoms with Crippen molar-refractivity contribution in [1.82, 2.24) is 0 Å². The predicted molar refractivity (Wildman–Crippen MR) is 90.5 cm³/mol. The van der Waals surface area contributed by atoms with Crippen molar-refractivity contribution in [3.63, 3.8) is 0 Å². The molecule has 120 valence electrons. The number of hydrogen-bond acceptors (Lipinski definition) is 3. The topological polar surface area (TPSA) is 51.2 Å². The summed E-state index contributed by atoms with van der Waals surface area (Å²) in [5, 5.41) is -0.202. The highest BCUT2D eigenvalue weighted by atomic mass is 35.5. The smallest absolute Gasteiger partial charge is 0.182 e. The summed E-state index contributed by atoms with van der Waals surface area (Å²) in [6.45, 7) is 2.06. The molecule has 1 aliphatic carbocycles. The Bertz CT molecular complexity index is 810. The maximum atomic E-state index is 12.8. The lowest BCUT2D eigenvalue weighted by Crippen LogP contribution is -2.11. The second kappa shape index (κ2) is 6.10. The fraction of sp³-hybridized carbons (Fsp3) is 0.278. The van der Waals surface area contributed by atoms with Gasteiger partial charge < -0.3 is 4.79 Å². The first-order chi connectivity index (χ1) is 11.0. The first-order valence-electron chi connectivity index (χ1n) is 7.52. The molecule has 0 N–H and O–H groups in total. The summed E-state index contributed by atoms with van der Waals surface area (Å²) in [7, 11) is -3.55. The molecule has 0 radical (unpaired) electrons. The molecule has 0 heterocycles. The quantitative estimate of drug-likeness (QED) is 0.775. The van der Waals surface area contributed by atoms with E-state index in [1.807, 2.05) is 24.3 Å². The average molecular weight is 349 g/mol. The number of hydrogen-bond donors (Lipinski definition) is 0. The maximum Gasteiger partial charge on any atom is 0.182 e. The van der Waals surface area contributed by atoms with Crippen molar-refractivity contribution >= 4 is 27.7 Å². The SMILES string of the molecule is CCc1ccc([C@H]2[C@H](C=O)[C@@H]2S(=O)(=O)c2ccc(Cl)cc2)cc1. The van der Waals surface area contributed by atoms with Crippen LogP contribution in [-0.4, -0.2) is 20.0 Å². The minimum Gasteiger partial charge on any atom is -0.303 e. The van der Waals surface area contributed by atoms with E-state index in [1.54, 1.807) is 12.1 Å². The standard InChI is InChI=1S/C18H17ClO3S/c1-2-12-3-5-13(6-4-12)17-16(11-20)18(17)23(21,22)15-9-7-14(19)8-10-15/h3-11,16-18H,2H2,1H3/t16-,17-,18-/m0/s1. The molecule has 0 amide bonds. The van der Waals surface area contributed by atoms with E-state index in [9.17, 15) is 13.2 Å². The third-order valence-electron chi connectivity index (χ3n) is 4.44. The zero-order valence-electron chi connectivity index (χ0n) is 12.6. The molecule has 3 nitrogen and oxygen atoms in total. The predicted octanol–water partition coefficient (Wildman–Crippen LogP) is 3.66. The number of aryl methyl sites for hydroxylation is 1. The average Bonchev–Trinajstić information content (AvgIpc) is 3.31. The van der Waals surface area contributed by atoms with Gasteiger partial charge in [-0.3, -0.25) is 0 Å². The van der Waals surface area contributed by atoms with Gasteiger partial charge in [-0.25, -0.2) is 8.42 Å². The zero-order valence-corrected chi connectivity index (χ0v) is 14.2. The van der Waals surface area contributed by atoms with Gasteiger partial charge >= 0.3 is 0 Å². The van der Waals surface area contributed by atoms with Crippen molar-refractivity contribution < 1.29 is 13.2 Å². The van der Waals surface area contributed by atoms with E-state index >= 15 is 0 Å². The van der Waals surface area contributed by atoms with Gasteiger partial charge in [0.1, 0.15) is 6.29 Å². The number of sulfone groups is 1. The summed E-state index contributed by atoms with van der Waals surface area (Å²) in [5.74, 6) is -0.748. The summed E-state index contributed by atoms with van der Waals surface area (Å²) >= 11 is 5.82. The summed E-state index contributed by atoms with van der Waals surface area (Å²) in [6, 6.07) is 13.9. The summed E-state index contributed by atoms with van der Waals surface area (Å²) in [6.07, 6.45) is 1.69. The Kier molecular flexibility index (Phi) is 4.30. The van der Waals surface area contributed by atoms with E-state index in [0.29, 0.717) is 5.02 Å². The van der Waals surface area contributed by atoms with Crippen LogP contribution in [-0.2, 0) is 21.1 Å². The first kappa shape index (κ1) is 16.2. The van der Waals surface area contributed by atoms with Crippen LogP contribution in [0.15, 0.2) is 53.4 Å². The van der Waals surface area contributed by atoms with Gasteiger partial charge in [-0.05, 0) is 41.8 Å². The molecular formula is C18H17ClO3S. The van der Waals surface area contributed by atoms with E-state index in [0.717, 1.165) is 18.3 Å². The molecule has 0 unspecified atom stereocenters. The first-order valence-corrected chi connectivity index (χ1v) is 9.45. The van der Waals surface area contributed by atoms with E-state index in [2.05, 4.69) is 6.92 Å². The van der Waals surface area contributed by atoms with Gasteiger partial charge in [0, 0.05) is 16.9 Å². The minimum absolute atomic E-state index is 0.214. The Hall–Kier alpha value is -1.65. The van der Waals surface area contributed by atoms with Crippen LogP contribution < -0.4 is 0 Å². The number of aldehydes is 1. The maximum absolute atomic E-state index is 12.8. The van der Waals surface area contributed by atoms with E-state index in [4.69, 9.17) is 11.6 Å². The lowest BCUT2D eigenvalue weighted by atomic mass is 10.1. The van der Waals surface area contributed by atoms with Crippen molar-refractivity contribution in [2.45, 2.75) is 29.4 Å². The van der Waals surface area contributed by atoms with Gasteiger partial charge in [0.2, 0.25) is 0 Å². The number of halogens is 1. The Morgan fingerprint density at radius 3 is 2.17 bits per heavy atom. The van der Waals surface area contributed by atoms with Crippen LogP contribution in [0, 0.1) is 5.92 Å². The Balaban J connectivity index is 1.92. The number of carbonyl (C=O) groups is 1. The molecule has 0 aliphatic heterocycles. The number of benzene rings is 2. The van der Waals surface area contributed by atoms with Crippen LogP contribution >= 0.6 is 11.6 Å². The lowest BCUT2D eigenvalue weighted by Gasteiger charge is -2.05. The van der Waals surface area contributed by atoms with Crippen LogP contribution in [0.25, 0.3) is 0 Å². The van der Waals surface area contributed by atoms with Gasteiger partial charge in [-0.2, -0.15) is 0 Å². The van der Waals surface area contributed by atoms with Gasteiger partial charge in [-0.1, -0.05) is 42.8 Å². The molecule has 0 saturated heterocycles. The molecule has 3 atom stereocenters. The Labute approximate surface area is 141 Å². The molecule has 3 rings (SSSR count). The van der Waals surface area contributed by atoms with E-state index < -0.39 is 21.0 Å². The highest BCUT2D eigenvalue weighted by Gasteiger charge is 2.58. The van der Waals surface area contributed by atoms with Crippen molar-refractivity contribution in [2.75, 3.05) is 0 Å². The summed E-state index contributed by atoms with van der Waals surface area (Å²) in [5.41, 5.74) is 2.09. The van der Waals surface area contributed by atoms with Crippen molar-refractivity contribution in [2.24, 2.45) is 5.92 Å². The molecule has 1 aliphatic rings. The van der Waals surface area contributed by atoms with Crippen molar-refractivity contribution in [3.05, 3.63) is 64.7 Å². The Morgan fingerprint density at radius 2 is 1.65 bits per heavy atom. The van der Waals surface area contributed by atoms with Crippen molar-refractivity contribution in [1.29, 1.82) is 0 Å². The molecule has 1 fully saturated rings. The van der Waals surface area contributed by atoms with Gasteiger partial charge in [0.25, 0.3) is 0 Å². The normalized spacial score (nSPS) is 23.5. The molecule has 1 saturated carbocycles. The largest absolute Gasteiger partial charge is 0.303 e. The number of rotatable bonds is 5. The van der Waals surface area contributed by atoms with E-state index in [-0.39, 0.29) is 10.8 Å². The second-order valence-electron chi connectivity index (χ2n) is 5.80. The van der Waals surface area contributed by atoms with Crippen LogP contribution in [0.1, 0.15) is 24.0 Å². The molecule has 2 aromatic carbocycles. The molecule has 0 bridgehead atoms. The number of carbonyl (C=O) groups excluding carboxylic acids is 1. The third-order valence-corrected chi connectivity index (χ3v) is 6.94. The van der Waals surface area contributed by atoms with Crippen LogP contribution in [0.5, 0.6) is 0 Å². The van der Waals surface area contributed by atoms with Crippen LogP contribution in [0.4, 0.5) is 0 Å². The second-order valence-corrected chi connectivity index (χ2v) is 8.34. The van der Waals surface area contributed by atoms with Crippen LogP contribution in [0.2, 0.25) is 5.02 Å². The van der Waals surface area contributed by atoms with Gasteiger partial charge in [-0.15, -0.1) is 0 Å². The lowest BCUT2D eigenvalue weighted by molar-refractivity contribution is -0.108. The van der Waals surface area contributed by atoms with Crippen LogP contribution in [0.3, 0.4) is 0 Å². The molecule has 23 heavy (non-hydrogen) atoms. The summed E-state index contributed by atoms with van der Waals surface area (Å²) in [4.78, 5) is 11.5. The third kappa shape index (κ3) is 2.93.